The molecule has 5 nitrogen and oxygen atoms in total. The van der Waals surface area contributed by atoms with Crippen molar-refractivity contribution in [2.24, 2.45) is 5.92 Å². The molecular weight excluding hydrogens is 292 g/mol. The lowest BCUT2D eigenvalue weighted by atomic mass is 10.1. The third-order valence-corrected chi connectivity index (χ3v) is 3.77. The number of rotatable bonds is 8. The third kappa shape index (κ3) is 6.08. The summed E-state index contributed by atoms with van der Waals surface area (Å²) in [6.45, 7) is 12.8. The highest BCUT2D eigenvalue weighted by atomic mass is 16.3. The molecule has 0 radical (unpaired) electrons. The van der Waals surface area contributed by atoms with Gasteiger partial charge in [0.1, 0.15) is 11.5 Å². The molecule has 1 atom stereocenters. The molecule has 0 saturated carbocycles. The number of carbonyl (C=O) groups is 2. The van der Waals surface area contributed by atoms with Crippen molar-refractivity contribution in [1.82, 2.24) is 10.2 Å². The Balaban J connectivity index is 2.74. The normalized spacial score (nSPS) is 12.3. The van der Waals surface area contributed by atoms with Gasteiger partial charge < -0.3 is 14.6 Å². The van der Waals surface area contributed by atoms with Crippen molar-refractivity contribution in [3.63, 3.8) is 0 Å². The fraction of sp³-hybridized carbons (Fsp3) is 0.667. The van der Waals surface area contributed by atoms with Crippen LogP contribution in [0.15, 0.2) is 10.5 Å². The number of nitrogens with one attached hydrogen (secondary N) is 1. The van der Waals surface area contributed by atoms with Gasteiger partial charge in [0.25, 0.3) is 5.91 Å². The van der Waals surface area contributed by atoms with Crippen LogP contribution in [-0.2, 0) is 4.79 Å². The van der Waals surface area contributed by atoms with Crippen molar-refractivity contribution in [3.05, 3.63) is 23.2 Å². The van der Waals surface area contributed by atoms with Crippen LogP contribution in [0.4, 0.5) is 0 Å². The van der Waals surface area contributed by atoms with Crippen LogP contribution in [0.25, 0.3) is 0 Å². The van der Waals surface area contributed by atoms with Gasteiger partial charge in [-0.05, 0) is 39.2 Å². The average molecular weight is 322 g/mol. The van der Waals surface area contributed by atoms with Crippen LogP contribution >= 0.6 is 0 Å². The Morgan fingerprint density at radius 1 is 1.26 bits per heavy atom. The van der Waals surface area contributed by atoms with E-state index in [4.69, 9.17) is 4.42 Å². The summed E-state index contributed by atoms with van der Waals surface area (Å²) < 4.78 is 5.46. The van der Waals surface area contributed by atoms with Gasteiger partial charge in [-0.25, -0.2) is 0 Å². The first-order valence-electron chi connectivity index (χ1n) is 8.40. The molecule has 5 heteroatoms. The van der Waals surface area contributed by atoms with E-state index in [9.17, 15) is 9.59 Å². The monoisotopic (exact) mass is 322 g/mol. The minimum absolute atomic E-state index is 0.0130. The van der Waals surface area contributed by atoms with Crippen molar-refractivity contribution in [2.75, 3.05) is 13.1 Å². The zero-order valence-corrected chi connectivity index (χ0v) is 15.2. The molecule has 1 aromatic heterocycles. The first-order valence-corrected chi connectivity index (χ1v) is 8.40. The number of carbonyl (C=O) groups excluding carboxylic acids is 2. The van der Waals surface area contributed by atoms with Crippen molar-refractivity contribution in [3.8, 4) is 0 Å². The lowest BCUT2D eigenvalue weighted by Crippen LogP contribution is -2.39. The van der Waals surface area contributed by atoms with Crippen molar-refractivity contribution >= 4 is 11.8 Å². The van der Waals surface area contributed by atoms with Crippen LogP contribution in [0, 0.1) is 19.8 Å². The molecule has 0 aliphatic rings. The second-order valence-corrected chi connectivity index (χ2v) is 6.60. The molecule has 2 amide bonds. The van der Waals surface area contributed by atoms with Gasteiger partial charge in [-0.3, -0.25) is 9.59 Å². The molecule has 1 rings (SSSR count). The smallest absolute Gasteiger partial charge is 0.257 e. The summed E-state index contributed by atoms with van der Waals surface area (Å²) in [5, 5.41) is 2.94. The topological polar surface area (TPSA) is 62.6 Å². The molecule has 1 heterocycles. The van der Waals surface area contributed by atoms with Crippen LogP contribution in [0.2, 0.25) is 0 Å². The molecule has 0 aromatic carbocycles. The molecule has 0 unspecified atom stereocenters. The number of nitrogens with zero attached hydrogens (tertiary/aromatic N) is 1. The van der Waals surface area contributed by atoms with Gasteiger partial charge in [0.15, 0.2) is 0 Å². The molecule has 1 aromatic rings. The van der Waals surface area contributed by atoms with Gasteiger partial charge in [0.05, 0.1) is 5.56 Å². The van der Waals surface area contributed by atoms with Crippen molar-refractivity contribution in [1.29, 1.82) is 0 Å². The third-order valence-electron chi connectivity index (χ3n) is 3.77. The number of aryl methyl sites for hydroxylation is 2. The summed E-state index contributed by atoms with van der Waals surface area (Å²) in [5.74, 6) is 1.62. The molecule has 23 heavy (non-hydrogen) atoms. The van der Waals surface area contributed by atoms with Crippen LogP contribution in [0.1, 0.15) is 62.4 Å². The summed E-state index contributed by atoms with van der Waals surface area (Å²) in [6.07, 6.45) is 1.21. The Kier molecular flexibility index (Phi) is 7.33. The van der Waals surface area contributed by atoms with E-state index in [2.05, 4.69) is 19.2 Å². The van der Waals surface area contributed by atoms with E-state index in [1.165, 1.54) is 0 Å². The maximum atomic E-state index is 12.7. The van der Waals surface area contributed by atoms with Crippen LogP contribution in [-0.4, -0.2) is 35.8 Å². The SMILES string of the molecule is CC[C@H](C)NC(=O)CCN(CC(C)C)C(=O)c1cc(C)oc1C. The molecule has 0 aliphatic heterocycles. The maximum Gasteiger partial charge on any atom is 0.257 e. The van der Waals surface area contributed by atoms with Gasteiger partial charge in [-0.1, -0.05) is 20.8 Å². The van der Waals surface area contributed by atoms with Crippen LogP contribution in [0.3, 0.4) is 0 Å². The summed E-state index contributed by atoms with van der Waals surface area (Å²) in [6, 6.07) is 1.93. The largest absolute Gasteiger partial charge is 0.466 e. The predicted octanol–water partition coefficient (Wildman–Crippen LogP) is 3.30. The van der Waals surface area contributed by atoms with E-state index >= 15 is 0 Å². The second kappa shape index (κ2) is 8.75. The first kappa shape index (κ1) is 19.3. The van der Waals surface area contributed by atoms with E-state index in [1.54, 1.807) is 17.9 Å². The van der Waals surface area contributed by atoms with E-state index in [0.717, 1.165) is 12.2 Å². The van der Waals surface area contributed by atoms with Crippen molar-refractivity contribution < 1.29 is 14.0 Å². The van der Waals surface area contributed by atoms with E-state index in [0.29, 0.717) is 36.8 Å². The highest BCUT2D eigenvalue weighted by Gasteiger charge is 2.22. The minimum atomic E-state index is -0.0654. The Morgan fingerprint density at radius 3 is 2.39 bits per heavy atom. The number of hydrogen-bond acceptors (Lipinski definition) is 3. The fourth-order valence-electron chi connectivity index (χ4n) is 2.42. The summed E-state index contributed by atoms with van der Waals surface area (Å²) in [5.41, 5.74) is 0.588. The highest BCUT2D eigenvalue weighted by Crippen LogP contribution is 2.17. The van der Waals surface area contributed by atoms with E-state index in [-0.39, 0.29) is 17.9 Å². The number of furan rings is 1. The number of amides is 2. The minimum Gasteiger partial charge on any atom is -0.466 e. The highest BCUT2D eigenvalue weighted by molar-refractivity contribution is 5.95. The van der Waals surface area contributed by atoms with Crippen LogP contribution in [0.5, 0.6) is 0 Å². The van der Waals surface area contributed by atoms with Gasteiger partial charge in [-0.2, -0.15) is 0 Å². The molecule has 0 bridgehead atoms. The lowest BCUT2D eigenvalue weighted by Gasteiger charge is -2.24. The predicted molar refractivity (Wildman–Crippen MR) is 91.4 cm³/mol. The summed E-state index contributed by atoms with van der Waals surface area (Å²) in [4.78, 5) is 26.5. The Labute approximate surface area is 139 Å². The van der Waals surface area contributed by atoms with Gasteiger partial charge in [0.2, 0.25) is 5.91 Å². The Hall–Kier alpha value is -1.78. The fourth-order valence-corrected chi connectivity index (χ4v) is 2.42. The van der Waals surface area contributed by atoms with E-state index < -0.39 is 0 Å². The Bertz CT molecular complexity index is 534. The molecule has 130 valence electrons. The first-order chi connectivity index (χ1) is 10.7. The average Bonchev–Trinajstić information content (AvgIpc) is 2.80. The maximum absolute atomic E-state index is 12.7. The van der Waals surface area contributed by atoms with Crippen LogP contribution < -0.4 is 5.32 Å². The Morgan fingerprint density at radius 2 is 1.91 bits per heavy atom. The molecule has 0 spiro atoms. The van der Waals surface area contributed by atoms with Crippen molar-refractivity contribution in [2.45, 2.75) is 60.4 Å². The zero-order valence-electron chi connectivity index (χ0n) is 15.2. The molecule has 0 aliphatic carbocycles. The molecular formula is C18H30N2O3. The molecule has 0 saturated heterocycles. The lowest BCUT2D eigenvalue weighted by molar-refractivity contribution is -0.121. The van der Waals surface area contributed by atoms with Gasteiger partial charge in [-0.15, -0.1) is 0 Å². The number of hydrogen-bond donors (Lipinski definition) is 1. The second-order valence-electron chi connectivity index (χ2n) is 6.60. The summed E-state index contributed by atoms with van der Waals surface area (Å²) in [7, 11) is 0. The zero-order chi connectivity index (χ0) is 17.6. The summed E-state index contributed by atoms with van der Waals surface area (Å²) >= 11 is 0. The van der Waals surface area contributed by atoms with E-state index in [1.807, 2.05) is 20.8 Å². The molecule has 1 N–H and O–H groups in total. The van der Waals surface area contributed by atoms with Gasteiger partial charge >= 0.3 is 0 Å². The van der Waals surface area contributed by atoms with Gasteiger partial charge in [0, 0.05) is 25.6 Å². The standard InChI is InChI=1S/C18H30N2O3/c1-7-13(4)19-17(21)8-9-20(11-12(2)3)18(22)16-10-14(5)23-15(16)6/h10,12-13H,7-9,11H2,1-6H3,(H,19,21)/t13-/m0/s1. The quantitative estimate of drug-likeness (QED) is 0.799. The molecule has 0 fully saturated rings.